The number of rotatable bonds is 2. The van der Waals surface area contributed by atoms with Gasteiger partial charge in [-0.3, -0.25) is 0 Å². The van der Waals surface area contributed by atoms with Crippen LogP contribution in [0.25, 0.3) is 0 Å². The smallest absolute Gasteiger partial charge is 0.187 e. The molecule has 0 radical (unpaired) electrons. The molecule has 5 heteroatoms. The molecule has 0 amide bonds. The van der Waals surface area contributed by atoms with Crippen LogP contribution in [-0.2, 0) is 9.47 Å². The van der Waals surface area contributed by atoms with Gasteiger partial charge in [0.2, 0.25) is 0 Å². The number of hydrogen-bond donors (Lipinski definition) is 0. The number of aromatic nitrogens is 2. The van der Waals surface area contributed by atoms with E-state index < -0.39 is 0 Å². The van der Waals surface area contributed by atoms with Crippen LogP contribution in [0.15, 0.2) is 12.4 Å². The van der Waals surface area contributed by atoms with Gasteiger partial charge >= 0.3 is 0 Å². The minimum absolute atomic E-state index is 0.386. The highest BCUT2D eigenvalue weighted by Gasteiger charge is 2.43. The Hall–Kier alpha value is -1.20. The lowest BCUT2D eigenvalue weighted by atomic mass is 10.1. The van der Waals surface area contributed by atoms with Gasteiger partial charge in [-0.25, -0.2) is 9.97 Å². The predicted molar refractivity (Wildman–Crippen MR) is 67.6 cm³/mol. The number of anilines is 1. The first-order valence-corrected chi connectivity index (χ1v) is 6.53. The summed E-state index contributed by atoms with van der Waals surface area (Å²) in [6, 6.07) is 2.07. The van der Waals surface area contributed by atoms with Gasteiger partial charge in [0.05, 0.1) is 19.8 Å². The van der Waals surface area contributed by atoms with E-state index in [1.165, 1.54) is 0 Å². The molecule has 2 aliphatic rings. The van der Waals surface area contributed by atoms with Crippen LogP contribution in [-0.4, -0.2) is 42.1 Å². The van der Waals surface area contributed by atoms with Crippen molar-refractivity contribution >= 4 is 5.82 Å². The van der Waals surface area contributed by atoms with E-state index in [1.807, 2.05) is 0 Å². The Kier molecular flexibility index (Phi) is 2.95. The Bertz CT molecular complexity index is 430. The first-order chi connectivity index (χ1) is 8.69. The summed E-state index contributed by atoms with van der Waals surface area (Å²) in [5.74, 6) is 1.01. The molecule has 98 valence electrons. The van der Waals surface area contributed by atoms with Gasteiger partial charge in [-0.15, -0.1) is 0 Å². The van der Waals surface area contributed by atoms with Crippen molar-refractivity contribution in [1.82, 2.24) is 9.97 Å². The molecule has 2 saturated heterocycles. The van der Waals surface area contributed by atoms with E-state index in [1.54, 1.807) is 6.33 Å². The summed E-state index contributed by atoms with van der Waals surface area (Å²) in [5, 5.41) is 0. The van der Waals surface area contributed by atoms with Gasteiger partial charge in [-0.05, 0) is 5.92 Å². The molecular weight excluding hydrogens is 230 g/mol. The van der Waals surface area contributed by atoms with Gasteiger partial charge < -0.3 is 14.4 Å². The molecule has 0 aliphatic carbocycles. The van der Waals surface area contributed by atoms with Crippen LogP contribution in [0.2, 0.25) is 0 Å². The number of nitrogens with zero attached hydrogens (tertiary/aromatic N) is 3. The molecule has 3 heterocycles. The maximum Gasteiger partial charge on any atom is 0.187 e. The minimum atomic E-state index is -0.386. The Morgan fingerprint density at radius 1 is 1.28 bits per heavy atom. The quantitative estimate of drug-likeness (QED) is 0.796. The summed E-state index contributed by atoms with van der Waals surface area (Å²) >= 11 is 0. The molecule has 0 saturated carbocycles. The third-order valence-electron chi connectivity index (χ3n) is 3.60. The highest BCUT2D eigenvalue weighted by Crippen LogP contribution is 2.32. The standard InChI is InChI=1S/C13H19N3O2/c1-10(2)11-7-12(15-9-14-11)16-4-3-13(8-16)17-5-6-18-13/h7,9-10H,3-6,8H2,1-2H3. The minimum Gasteiger partial charge on any atom is -0.351 e. The van der Waals surface area contributed by atoms with Crippen molar-refractivity contribution < 1.29 is 9.47 Å². The van der Waals surface area contributed by atoms with E-state index in [2.05, 4.69) is 34.8 Å². The van der Waals surface area contributed by atoms with Crippen LogP contribution < -0.4 is 4.90 Å². The van der Waals surface area contributed by atoms with Crippen molar-refractivity contribution in [3.63, 3.8) is 0 Å². The highest BCUT2D eigenvalue weighted by atomic mass is 16.7. The Labute approximate surface area is 107 Å². The summed E-state index contributed by atoms with van der Waals surface area (Å²) in [5.41, 5.74) is 1.08. The van der Waals surface area contributed by atoms with Crippen LogP contribution in [0, 0.1) is 0 Å². The molecule has 1 aromatic heterocycles. The SMILES string of the molecule is CC(C)c1cc(N2CCC3(C2)OCCO3)ncn1. The fourth-order valence-electron chi connectivity index (χ4n) is 2.53. The molecule has 0 aromatic carbocycles. The Morgan fingerprint density at radius 2 is 2.06 bits per heavy atom. The predicted octanol–water partition coefficient (Wildman–Crippen LogP) is 1.55. The van der Waals surface area contributed by atoms with E-state index in [0.29, 0.717) is 19.1 Å². The molecular formula is C13H19N3O2. The lowest BCUT2D eigenvalue weighted by Crippen LogP contribution is -2.34. The molecule has 18 heavy (non-hydrogen) atoms. The Morgan fingerprint density at radius 3 is 2.78 bits per heavy atom. The lowest BCUT2D eigenvalue weighted by Gasteiger charge is -2.23. The van der Waals surface area contributed by atoms with Crippen molar-refractivity contribution in [2.24, 2.45) is 0 Å². The highest BCUT2D eigenvalue weighted by molar-refractivity contribution is 5.41. The molecule has 3 rings (SSSR count). The van der Waals surface area contributed by atoms with Crippen molar-refractivity contribution in [3.05, 3.63) is 18.1 Å². The topological polar surface area (TPSA) is 47.5 Å². The molecule has 1 spiro atoms. The molecule has 0 atom stereocenters. The normalized spacial score (nSPS) is 22.3. The van der Waals surface area contributed by atoms with E-state index in [4.69, 9.17) is 9.47 Å². The second kappa shape index (κ2) is 4.48. The van der Waals surface area contributed by atoms with Gasteiger partial charge in [0.25, 0.3) is 0 Å². The fourth-order valence-corrected chi connectivity index (χ4v) is 2.53. The maximum absolute atomic E-state index is 5.72. The van der Waals surface area contributed by atoms with Gasteiger partial charge in [-0.2, -0.15) is 0 Å². The molecule has 2 aliphatic heterocycles. The monoisotopic (exact) mass is 249 g/mol. The molecule has 0 N–H and O–H groups in total. The summed E-state index contributed by atoms with van der Waals surface area (Å²) in [6.07, 6.45) is 2.56. The average Bonchev–Trinajstić information content (AvgIpc) is 3.01. The first-order valence-electron chi connectivity index (χ1n) is 6.53. The van der Waals surface area contributed by atoms with Crippen molar-refractivity contribution in [2.75, 3.05) is 31.2 Å². The van der Waals surface area contributed by atoms with Gasteiger partial charge in [-0.1, -0.05) is 13.8 Å². The fraction of sp³-hybridized carbons (Fsp3) is 0.692. The van der Waals surface area contributed by atoms with Crippen LogP contribution in [0.5, 0.6) is 0 Å². The van der Waals surface area contributed by atoms with E-state index in [9.17, 15) is 0 Å². The van der Waals surface area contributed by atoms with E-state index >= 15 is 0 Å². The Balaban J connectivity index is 1.78. The molecule has 2 fully saturated rings. The summed E-state index contributed by atoms with van der Waals surface area (Å²) in [4.78, 5) is 10.9. The molecule has 5 nitrogen and oxygen atoms in total. The maximum atomic E-state index is 5.72. The van der Waals surface area contributed by atoms with Gasteiger partial charge in [0.15, 0.2) is 5.79 Å². The third-order valence-corrected chi connectivity index (χ3v) is 3.60. The number of ether oxygens (including phenoxy) is 2. The van der Waals surface area contributed by atoms with Crippen LogP contribution in [0.1, 0.15) is 31.9 Å². The molecule has 0 bridgehead atoms. The second-order valence-corrected chi connectivity index (χ2v) is 5.23. The van der Waals surface area contributed by atoms with Crippen LogP contribution in [0.3, 0.4) is 0 Å². The zero-order valence-corrected chi connectivity index (χ0v) is 10.9. The van der Waals surface area contributed by atoms with Crippen molar-refractivity contribution in [3.8, 4) is 0 Å². The zero-order chi connectivity index (χ0) is 12.6. The molecule has 0 unspecified atom stereocenters. The van der Waals surface area contributed by atoms with E-state index in [0.717, 1.165) is 31.0 Å². The van der Waals surface area contributed by atoms with Crippen molar-refractivity contribution in [2.45, 2.75) is 32.0 Å². The van der Waals surface area contributed by atoms with Gasteiger partial charge in [0.1, 0.15) is 12.1 Å². The first kappa shape index (κ1) is 11.9. The average molecular weight is 249 g/mol. The summed E-state index contributed by atoms with van der Waals surface area (Å²) < 4.78 is 11.4. The van der Waals surface area contributed by atoms with Crippen LogP contribution in [0.4, 0.5) is 5.82 Å². The van der Waals surface area contributed by atoms with Gasteiger partial charge in [0, 0.05) is 24.7 Å². The van der Waals surface area contributed by atoms with Crippen molar-refractivity contribution in [1.29, 1.82) is 0 Å². The third kappa shape index (κ3) is 2.08. The summed E-state index contributed by atoms with van der Waals surface area (Å²) in [6.45, 7) is 7.38. The largest absolute Gasteiger partial charge is 0.351 e. The molecule has 1 aromatic rings. The number of hydrogen-bond acceptors (Lipinski definition) is 5. The zero-order valence-electron chi connectivity index (χ0n) is 10.9. The lowest BCUT2D eigenvalue weighted by molar-refractivity contribution is -0.137. The van der Waals surface area contributed by atoms with Crippen LogP contribution >= 0.6 is 0 Å². The summed E-state index contributed by atoms with van der Waals surface area (Å²) in [7, 11) is 0. The van der Waals surface area contributed by atoms with E-state index in [-0.39, 0.29) is 5.79 Å². The second-order valence-electron chi connectivity index (χ2n) is 5.23.